The molecule has 1 aliphatic rings. The predicted molar refractivity (Wildman–Crippen MR) is 111 cm³/mol. The van der Waals surface area contributed by atoms with Crippen molar-refractivity contribution in [1.82, 2.24) is 20.1 Å². The number of hydrogen-bond acceptors (Lipinski definition) is 4. The predicted octanol–water partition coefficient (Wildman–Crippen LogP) is 4.84. The van der Waals surface area contributed by atoms with Crippen molar-refractivity contribution in [2.24, 2.45) is 0 Å². The van der Waals surface area contributed by atoms with Gasteiger partial charge >= 0.3 is 0 Å². The summed E-state index contributed by atoms with van der Waals surface area (Å²) in [5.41, 5.74) is 2.26. The lowest BCUT2D eigenvalue weighted by atomic mass is 10.0. The fourth-order valence-corrected chi connectivity index (χ4v) is 3.95. The minimum Gasteiger partial charge on any atom is -0.443 e. The summed E-state index contributed by atoms with van der Waals surface area (Å²) in [6.07, 6.45) is 7.96. The number of likely N-dealkylation sites (tertiary alicyclic amines) is 1. The van der Waals surface area contributed by atoms with E-state index in [1.54, 1.807) is 12.3 Å². The second kappa shape index (κ2) is 9.24. The Morgan fingerprint density at radius 3 is 3.07 bits per heavy atom. The van der Waals surface area contributed by atoms with Gasteiger partial charge in [-0.3, -0.25) is 9.89 Å². The molecule has 0 spiro atoms. The van der Waals surface area contributed by atoms with Crippen molar-refractivity contribution in [3.63, 3.8) is 0 Å². The van der Waals surface area contributed by atoms with Gasteiger partial charge in [0.2, 0.25) is 5.89 Å². The van der Waals surface area contributed by atoms with E-state index in [0.29, 0.717) is 30.3 Å². The molecule has 6 nitrogen and oxygen atoms in total. The summed E-state index contributed by atoms with van der Waals surface area (Å²) in [7, 11) is 0. The zero-order valence-corrected chi connectivity index (χ0v) is 17.2. The van der Waals surface area contributed by atoms with E-state index in [-0.39, 0.29) is 17.8 Å². The number of unbranched alkanes of at least 4 members (excludes halogenated alkanes) is 1. The van der Waals surface area contributed by atoms with Gasteiger partial charge < -0.3 is 9.32 Å². The molecule has 1 fully saturated rings. The quantitative estimate of drug-likeness (QED) is 0.605. The molecule has 1 saturated heterocycles. The van der Waals surface area contributed by atoms with Crippen molar-refractivity contribution in [1.29, 1.82) is 0 Å². The second-order valence-corrected chi connectivity index (χ2v) is 7.86. The number of nitrogens with zero attached hydrogens (tertiary/aromatic N) is 3. The third kappa shape index (κ3) is 4.61. The fraction of sp³-hybridized carbons (Fsp3) is 0.435. The second-order valence-electron chi connectivity index (χ2n) is 7.86. The van der Waals surface area contributed by atoms with E-state index in [1.165, 1.54) is 12.1 Å². The lowest BCUT2D eigenvalue weighted by Gasteiger charge is -2.33. The van der Waals surface area contributed by atoms with Crippen molar-refractivity contribution in [3.8, 4) is 0 Å². The zero-order valence-electron chi connectivity index (χ0n) is 17.2. The number of carbonyl (C=O) groups is 1. The van der Waals surface area contributed by atoms with Crippen molar-refractivity contribution < 1.29 is 13.6 Å². The van der Waals surface area contributed by atoms with Crippen molar-refractivity contribution in [3.05, 3.63) is 70.9 Å². The van der Waals surface area contributed by atoms with E-state index in [9.17, 15) is 9.18 Å². The van der Waals surface area contributed by atoms with Crippen LogP contribution in [-0.4, -0.2) is 32.5 Å². The van der Waals surface area contributed by atoms with E-state index < -0.39 is 0 Å². The van der Waals surface area contributed by atoms with Crippen molar-refractivity contribution in [2.75, 3.05) is 6.54 Å². The Morgan fingerprint density at radius 1 is 1.33 bits per heavy atom. The highest BCUT2D eigenvalue weighted by atomic mass is 19.1. The van der Waals surface area contributed by atoms with Crippen molar-refractivity contribution >= 4 is 5.91 Å². The molecule has 30 heavy (non-hydrogen) atoms. The SMILES string of the molecule is CCCCc1cc(C(=O)N2CCCC[C@@H]2c2ncc(Cc3cccc(F)c3)o2)n[nH]1. The third-order valence-corrected chi connectivity index (χ3v) is 5.54. The lowest BCUT2D eigenvalue weighted by molar-refractivity contribution is 0.0564. The molecule has 0 unspecified atom stereocenters. The number of aryl methyl sites for hydroxylation is 1. The largest absolute Gasteiger partial charge is 0.443 e. The third-order valence-electron chi connectivity index (χ3n) is 5.54. The first kappa shape index (κ1) is 20.3. The number of aromatic nitrogens is 3. The number of hydrogen-bond donors (Lipinski definition) is 1. The zero-order chi connectivity index (χ0) is 20.9. The van der Waals surface area contributed by atoms with Gasteiger partial charge in [0.15, 0.2) is 0 Å². The van der Waals surface area contributed by atoms with Crippen LogP contribution >= 0.6 is 0 Å². The van der Waals surface area contributed by atoms with E-state index in [0.717, 1.165) is 49.8 Å². The Hall–Kier alpha value is -2.96. The van der Waals surface area contributed by atoms with Gasteiger partial charge in [-0.05, 0) is 55.9 Å². The highest BCUT2D eigenvalue weighted by Gasteiger charge is 2.33. The lowest BCUT2D eigenvalue weighted by Crippen LogP contribution is -2.38. The number of piperidine rings is 1. The van der Waals surface area contributed by atoms with Gasteiger partial charge in [-0.1, -0.05) is 25.5 Å². The Morgan fingerprint density at radius 2 is 2.23 bits per heavy atom. The van der Waals surface area contributed by atoms with E-state index in [2.05, 4.69) is 22.1 Å². The van der Waals surface area contributed by atoms with Crippen LogP contribution in [0.1, 0.15) is 78.5 Å². The summed E-state index contributed by atoms with van der Waals surface area (Å²) in [5, 5.41) is 7.22. The van der Waals surface area contributed by atoms with Crippen LogP contribution in [-0.2, 0) is 12.8 Å². The minimum atomic E-state index is -0.270. The molecular weight excluding hydrogens is 383 g/mol. The van der Waals surface area contributed by atoms with E-state index in [1.807, 2.05) is 17.0 Å². The molecule has 1 aliphatic heterocycles. The molecule has 0 saturated carbocycles. The Kier molecular flexibility index (Phi) is 6.26. The van der Waals surface area contributed by atoms with Crippen LogP contribution in [0.15, 0.2) is 40.9 Å². The molecular formula is C23H27FN4O2. The number of halogens is 1. The van der Waals surface area contributed by atoms with Gasteiger partial charge in [0.05, 0.1) is 6.20 Å². The van der Waals surface area contributed by atoms with Crippen LogP contribution in [0.5, 0.6) is 0 Å². The number of amides is 1. The molecule has 158 valence electrons. The Labute approximate surface area is 175 Å². The number of H-pyrrole nitrogens is 1. The van der Waals surface area contributed by atoms with Gasteiger partial charge in [-0.2, -0.15) is 5.10 Å². The molecule has 3 aromatic rings. The molecule has 1 N–H and O–H groups in total. The summed E-state index contributed by atoms with van der Waals surface area (Å²) in [5.74, 6) is 0.837. The molecule has 1 aromatic carbocycles. The summed E-state index contributed by atoms with van der Waals surface area (Å²) >= 11 is 0. The first-order valence-electron chi connectivity index (χ1n) is 10.7. The number of benzene rings is 1. The van der Waals surface area contributed by atoms with Crippen molar-refractivity contribution in [2.45, 2.75) is 57.9 Å². The summed E-state index contributed by atoms with van der Waals surface area (Å²) < 4.78 is 19.4. The van der Waals surface area contributed by atoms with Crippen LogP contribution < -0.4 is 0 Å². The van der Waals surface area contributed by atoms with Gasteiger partial charge in [-0.25, -0.2) is 9.37 Å². The Balaban J connectivity index is 1.49. The monoisotopic (exact) mass is 410 g/mol. The van der Waals surface area contributed by atoms with Crippen LogP contribution in [0.4, 0.5) is 4.39 Å². The molecule has 3 heterocycles. The normalized spacial score (nSPS) is 16.7. The first-order valence-corrected chi connectivity index (χ1v) is 10.7. The van der Waals surface area contributed by atoms with Crippen LogP contribution in [0.25, 0.3) is 0 Å². The first-order chi connectivity index (χ1) is 14.6. The number of rotatable bonds is 7. The molecule has 1 amide bonds. The maximum atomic E-state index is 13.4. The molecule has 2 aromatic heterocycles. The molecule has 0 radical (unpaired) electrons. The highest BCUT2D eigenvalue weighted by molar-refractivity contribution is 5.92. The van der Waals surface area contributed by atoms with Crippen LogP contribution in [0.2, 0.25) is 0 Å². The minimum absolute atomic E-state index is 0.0939. The highest BCUT2D eigenvalue weighted by Crippen LogP contribution is 2.32. The molecule has 0 bridgehead atoms. The van der Waals surface area contributed by atoms with Crippen LogP contribution in [0, 0.1) is 5.82 Å². The van der Waals surface area contributed by atoms with Crippen LogP contribution in [0.3, 0.4) is 0 Å². The number of aromatic amines is 1. The van der Waals surface area contributed by atoms with Gasteiger partial charge in [0, 0.05) is 18.7 Å². The average Bonchev–Trinajstić information content (AvgIpc) is 3.41. The molecule has 7 heteroatoms. The fourth-order valence-electron chi connectivity index (χ4n) is 3.95. The summed E-state index contributed by atoms with van der Waals surface area (Å²) in [6.45, 7) is 2.79. The molecule has 4 rings (SSSR count). The number of nitrogens with one attached hydrogen (secondary N) is 1. The van der Waals surface area contributed by atoms with Gasteiger partial charge in [0.25, 0.3) is 5.91 Å². The molecule has 1 atom stereocenters. The topological polar surface area (TPSA) is 75.0 Å². The van der Waals surface area contributed by atoms with E-state index in [4.69, 9.17) is 4.42 Å². The van der Waals surface area contributed by atoms with Gasteiger partial charge in [0.1, 0.15) is 23.3 Å². The standard InChI is InChI=1S/C23H27FN4O2/c1-2-3-9-18-14-20(27-26-18)23(29)28-11-5-4-10-21(28)22-25-15-19(30-22)13-16-7-6-8-17(24)12-16/h6-8,12,14-15,21H,2-5,9-11,13H2,1H3,(H,26,27)/t21-/m1/s1. The maximum absolute atomic E-state index is 13.4. The maximum Gasteiger partial charge on any atom is 0.275 e. The average molecular weight is 410 g/mol. The number of carbonyl (C=O) groups excluding carboxylic acids is 1. The summed E-state index contributed by atoms with van der Waals surface area (Å²) in [6, 6.07) is 8.10. The summed E-state index contributed by atoms with van der Waals surface area (Å²) in [4.78, 5) is 19.4. The van der Waals surface area contributed by atoms with Gasteiger partial charge in [-0.15, -0.1) is 0 Å². The Bertz CT molecular complexity index is 997. The smallest absolute Gasteiger partial charge is 0.275 e. The van der Waals surface area contributed by atoms with E-state index >= 15 is 0 Å². The number of oxazole rings is 1. The molecule has 0 aliphatic carbocycles.